The second-order valence-corrected chi connectivity index (χ2v) is 9.46. The standard InChI is InChI=1S/C20H22BrFN2O3S/c21-18-13-15(3-9-19(18)22)11-12-23-20(25)10-4-14-1-7-17(8-2-14)28(26,27)24-16-5-6-16/h1-3,7-9,13,16,24H,4-6,10-12H2,(H,23,25). The monoisotopic (exact) mass is 468 g/mol. The summed E-state index contributed by atoms with van der Waals surface area (Å²) >= 11 is 3.15. The Kier molecular flexibility index (Phi) is 6.85. The van der Waals surface area contributed by atoms with Crippen LogP contribution in [0.2, 0.25) is 0 Å². The van der Waals surface area contributed by atoms with Crippen LogP contribution in [0.3, 0.4) is 0 Å². The first-order valence-corrected chi connectivity index (χ1v) is 11.4. The highest BCUT2D eigenvalue weighted by molar-refractivity contribution is 9.10. The molecule has 0 aliphatic heterocycles. The van der Waals surface area contributed by atoms with Gasteiger partial charge in [0.25, 0.3) is 0 Å². The molecule has 8 heteroatoms. The molecule has 0 bridgehead atoms. The zero-order valence-electron chi connectivity index (χ0n) is 15.3. The van der Waals surface area contributed by atoms with Gasteiger partial charge in [-0.1, -0.05) is 18.2 Å². The topological polar surface area (TPSA) is 75.3 Å². The first-order valence-electron chi connectivity index (χ1n) is 9.15. The summed E-state index contributed by atoms with van der Waals surface area (Å²) in [5, 5.41) is 2.85. The summed E-state index contributed by atoms with van der Waals surface area (Å²) in [6.45, 7) is 0.473. The lowest BCUT2D eigenvalue weighted by atomic mass is 10.1. The molecule has 28 heavy (non-hydrogen) atoms. The van der Waals surface area contributed by atoms with Crippen molar-refractivity contribution in [1.29, 1.82) is 0 Å². The molecule has 0 atom stereocenters. The molecule has 1 aliphatic rings. The van der Waals surface area contributed by atoms with Crippen LogP contribution in [0, 0.1) is 5.82 Å². The Bertz CT molecular complexity index is 944. The number of carbonyl (C=O) groups is 1. The van der Waals surface area contributed by atoms with Gasteiger partial charge in [-0.15, -0.1) is 0 Å². The molecule has 150 valence electrons. The highest BCUT2D eigenvalue weighted by Gasteiger charge is 2.27. The van der Waals surface area contributed by atoms with Crippen LogP contribution in [0.25, 0.3) is 0 Å². The minimum Gasteiger partial charge on any atom is -0.356 e. The smallest absolute Gasteiger partial charge is 0.240 e. The Morgan fingerprint density at radius 2 is 1.75 bits per heavy atom. The van der Waals surface area contributed by atoms with Gasteiger partial charge in [0.1, 0.15) is 5.82 Å². The van der Waals surface area contributed by atoms with E-state index in [1.165, 1.54) is 6.07 Å². The third-order valence-electron chi connectivity index (χ3n) is 4.49. The molecule has 1 amide bonds. The van der Waals surface area contributed by atoms with Crippen molar-refractivity contribution >= 4 is 31.9 Å². The summed E-state index contributed by atoms with van der Waals surface area (Å²) in [6, 6.07) is 11.5. The van der Waals surface area contributed by atoms with Gasteiger partial charge in [-0.25, -0.2) is 17.5 Å². The number of hydrogen-bond acceptors (Lipinski definition) is 3. The number of halogens is 2. The molecule has 3 rings (SSSR count). The van der Waals surface area contributed by atoms with E-state index < -0.39 is 10.0 Å². The fourth-order valence-electron chi connectivity index (χ4n) is 2.71. The number of benzene rings is 2. The summed E-state index contributed by atoms with van der Waals surface area (Å²) in [6.07, 6.45) is 3.25. The number of amides is 1. The minimum absolute atomic E-state index is 0.0735. The van der Waals surface area contributed by atoms with Gasteiger partial charge in [-0.2, -0.15) is 0 Å². The van der Waals surface area contributed by atoms with E-state index in [0.717, 1.165) is 24.0 Å². The van der Waals surface area contributed by atoms with Crippen molar-refractivity contribution in [2.75, 3.05) is 6.54 Å². The Balaban J connectivity index is 1.42. The molecule has 0 aromatic heterocycles. The largest absolute Gasteiger partial charge is 0.356 e. The molecule has 1 saturated carbocycles. The van der Waals surface area contributed by atoms with Crippen molar-refractivity contribution in [2.45, 2.75) is 43.0 Å². The van der Waals surface area contributed by atoms with Crippen LogP contribution < -0.4 is 10.0 Å². The van der Waals surface area contributed by atoms with Crippen molar-refractivity contribution in [2.24, 2.45) is 0 Å². The minimum atomic E-state index is -3.45. The van der Waals surface area contributed by atoms with Gasteiger partial charge in [0.05, 0.1) is 9.37 Å². The molecule has 0 unspecified atom stereocenters. The molecule has 0 radical (unpaired) electrons. The molecule has 0 spiro atoms. The first kappa shape index (κ1) is 21.0. The second kappa shape index (κ2) is 9.15. The third kappa shape index (κ3) is 6.12. The number of hydrogen-bond donors (Lipinski definition) is 2. The van der Waals surface area contributed by atoms with E-state index in [1.807, 2.05) is 0 Å². The molecule has 2 N–H and O–H groups in total. The third-order valence-corrected chi connectivity index (χ3v) is 6.64. The van der Waals surface area contributed by atoms with E-state index in [1.54, 1.807) is 36.4 Å². The summed E-state index contributed by atoms with van der Waals surface area (Å²) < 4.78 is 40.5. The molecule has 2 aromatic carbocycles. The van der Waals surface area contributed by atoms with Crippen molar-refractivity contribution in [3.8, 4) is 0 Å². The lowest BCUT2D eigenvalue weighted by molar-refractivity contribution is -0.121. The molecule has 1 fully saturated rings. The van der Waals surface area contributed by atoms with E-state index in [0.29, 0.717) is 30.3 Å². The normalized spacial score (nSPS) is 14.1. The highest BCUT2D eigenvalue weighted by Crippen LogP contribution is 2.22. The van der Waals surface area contributed by atoms with Crippen molar-refractivity contribution in [3.05, 3.63) is 63.9 Å². The predicted octanol–water partition coefficient (Wildman–Crippen LogP) is 3.32. The SMILES string of the molecule is O=C(CCc1ccc(S(=O)(=O)NC2CC2)cc1)NCCc1ccc(F)c(Br)c1. The molecule has 1 aliphatic carbocycles. The van der Waals surface area contributed by atoms with Crippen molar-refractivity contribution in [1.82, 2.24) is 10.0 Å². The Hall–Kier alpha value is -1.77. The predicted molar refractivity (Wildman–Crippen MR) is 109 cm³/mol. The zero-order chi connectivity index (χ0) is 20.1. The summed E-state index contributed by atoms with van der Waals surface area (Å²) in [7, 11) is -3.45. The fraction of sp³-hybridized carbons (Fsp3) is 0.350. The summed E-state index contributed by atoms with van der Waals surface area (Å²) in [5.41, 5.74) is 1.84. The van der Waals surface area contributed by atoms with E-state index in [2.05, 4.69) is 26.0 Å². The molecule has 2 aromatic rings. The van der Waals surface area contributed by atoms with Crippen LogP contribution >= 0.6 is 15.9 Å². The van der Waals surface area contributed by atoms with Crippen molar-refractivity contribution in [3.63, 3.8) is 0 Å². The number of carbonyl (C=O) groups excluding carboxylic acids is 1. The van der Waals surface area contributed by atoms with E-state index in [-0.39, 0.29) is 22.7 Å². The fourth-order valence-corrected chi connectivity index (χ4v) is 4.44. The maximum absolute atomic E-state index is 13.2. The quantitative estimate of drug-likeness (QED) is 0.592. The Morgan fingerprint density at radius 3 is 2.39 bits per heavy atom. The zero-order valence-corrected chi connectivity index (χ0v) is 17.7. The van der Waals surface area contributed by atoms with Crippen LogP contribution in [0.5, 0.6) is 0 Å². The molecule has 5 nitrogen and oxygen atoms in total. The van der Waals surface area contributed by atoms with Crippen LogP contribution in [0.4, 0.5) is 4.39 Å². The first-order chi connectivity index (χ1) is 13.3. The highest BCUT2D eigenvalue weighted by atomic mass is 79.9. The number of nitrogens with one attached hydrogen (secondary N) is 2. The van der Waals surface area contributed by atoms with Gasteiger partial charge < -0.3 is 5.32 Å². The van der Waals surface area contributed by atoms with Crippen LogP contribution in [0.15, 0.2) is 51.8 Å². The maximum Gasteiger partial charge on any atom is 0.240 e. The van der Waals surface area contributed by atoms with Gasteiger partial charge in [-0.05, 0) is 77.0 Å². The number of rotatable bonds is 9. The molecular weight excluding hydrogens is 447 g/mol. The van der Waals surface area contributed by atoms with E-state index >= 15 is 0 Å². The average Bonchev–Trinajstić information content (AvgIpc) is 3.46. The van der Waals surface area contributed by atoms with E-state index in [9.17, 15) is 17.6 Å². The number of sulfonamides is 1. The molecule has 0 heterocycles. The van der Waals surface area contributed by atoms with Gasteiger partial charge in [0, 0.05) is 19.0 Å². The Morgan fingerprint density at radius 1 is 1.07 bits per heavy atom. The molecule has 0 saturated heterocycles. The lowest BCUT2D eigenvalue weighted by Gasteiger charge is -2.08. The average molecular weight is 469 g/mol. The summed E-state index contributed by atoms with van der Waals surface area (Å²) in [5.74, 6) is -0.386. The van der Waals surface area contributed by atoms with Gasteiger partial charge in [-0.3, -0.25) is 4.79 Å². The van der Waals surface area contributed by atoms with Crippen LogP contribution in [-0.4, -0.2) is 26.9 Å². The van der Waals surface area contributed by atoms with Gasteiger partial charge >= 0.3 is 0 Å². The van der Waals surface area contributed by atoms with Crippen LogP contribution in [-0.2, 0) is 27.7 Å². The maximum atomic E-state index is 13.2. The molecular formula is C20H22BrFN2O3S. The number of aryl methyl sites for hydroxylation is 1. The second-order valence-electron chi connectivity index (χ2n) is 6.89. The Labute approximate surface area is 172 Å². The summed E-state index contributed by atoms with van der Waals surface area (Å²) in [4.78, 5) is 12.2. The van der Waals surface area contributed by atoms with Gasteiger partial charge in [0.2, 0.25) is 15.9 Å². The van der Waals surface area contributed by atoms with E-state index in [4.69, 9.17) is 0 Å². The van der Waals surface area contributed by atoms with Crippen LogP contribution in [0.1, 0.15) is 30.4 Å². The van der Waals surface area contributed by atoms with Gasteiger partial charge in [0.15, 0.2) is 0 Å². The lowest BCUT2D eigenvalue weighted by Crippen LogP contribution is -2.26. The van der Waals surface area contributed by atoms with Crippen molar-refractivity contribution < 1.29 is 17.6 Å².